The third-order valence-corrected chi connectivity index (χ3v) is 10.5. The fourth-order valence-electron chi connectivity index (χ4n) is 3.30. The smallest absolute Gasteiger partial charge is 0.192 e. The molecule has 2 aromatic carbocycles. The first-order valence-corrected chi connectivity index (χ1v) is 13.3. The molecule has 0 aromatic heterocycles. The molecule has 30 heavy (non-hydrogen) atoms. The molecule has 2 rings (SSSR count). The Kier molecular flexibility index (Phi) is 7.32. The van der Waals surface area contributed by atoms with Crippen molar-refractivity contribution in [3.05, 3.63) is 59.2 Å². The van der Waals surface area contributed by atoms with Gasteiger partial charge in [-0.1, -0.05) is 59.7 Å². The van der Waals surface area contributed by atoms with Crippen molar-refractivity contribution >= 4 is 8.32 Å². The zero-order valence-corrected chi connectivity index (χ0v) is 20.8. The molecule has 5 heteroatoms. The molecule has 0 saturated carbocycles. The van der Waals surface area contributed by atoms with Crippen LogP contribution in [0.1, 0.15) is 58.8 Å². The summed E-state index contributed by atoms with van der Waals surface area (Å²) >= 11 is 0. The Bertz CT molecular complexity index is 880. The minimum atomic E-state index is -1.91. The van der Waals surface area contributed by atoms with Crippen LogP contribution in [0.25, 0.3) is 11.1 Å². The molecule has 0 radical (unpaired) electrons. The van der Waals surface area contributed by atoms with E-state index in [9.17, 15) is 8.78 Å². The van der Waals surface area contributed by atoms with Crippen molar-refractivity contribution in [2.45, 2.75) is 72.4 Å². The monoisotopic (exact) mass is 434 g/mol. The minimum Gasteiger partial charge on any atom is -0.413 e. The summed E-state index contributed by atoms with van der Waals surface area (Å²) in [6.45, 7) is 17.8. The van der Waals surface area contributed by atoms with Crippen LogP contribution < -0.4 is 0 Å². The van der Waals surface area contributed by atoms with Crippen LogP contribution in [-0.2, 0) is 15.8 Å². The Morgan fingerprint density at radius 1 is 0.900 bits per heavy atom. The molecule has 2 nitrogen and oxygen atoms in total. The highest BCUT2D eigenvalue weighted by atomic mass is 28.4. The van der Waals surface area contributed by atoms with Gasteiger partial charge in [0.25, 0.3) is 0 Å². The Balaban J connectivity index is 2.55. The topological polar surface area (TPSA) is 18.5 Å². The van der Waals surface area contributed by atoms with Crippen molar-refractivity contribution in [3.8, 4) is 11.1 Å². The van der Waals surface area contributed by atoms with Crippen LogP contribution in [0.2, 0.25) is 18.1 Å². The number of hydrogen-bond donors (Lipinski definition) is 0. The van der Waals surface area contributed by atoms with Crippen molar-refractivity contribution in [1.82, 2.24) is 0 Å². The van der Waals surface area contributed by atoms with E-state index in [2.05, 4.69) is 54.6 Å². The van der Waals surface area contributed by atoms with Crippen LogP contribution in [0.4, 0.5) is 8.78 Å². The van der Waals surface area contributed by atoms with Gasteiger partial charge in [-0.05, 0) is 58.4 Å². The summed E-state index contributed by atoms with van der Waals surface area (Å²) in [7, 11) is -0.259. The van der Waals surface area contributed by atoms with Crippen LogP contribution in [0, 0.1) is 17.0 Å². The molecule has 0 bridgehead atoms. The summed E-state index contributed by atoms with van der Waals surface area (Å²) in [6.07, 6.45) is -0.289. The lowest BCUT2D eigenvalue weighted by atomic mass is 9.81. The van der Waals surface area contributed by atoms with E-state index >= 15 is 0 Å². The summed E-state index contributed by atoms with van der Waals surface area (Å²) in [6, 6.07) is 9.36. The Morgan fingerprint density at radius 3 is 2.07 bits per heavy atom. The van der Waals surface area contributed by atoms with Gasteiger partial charge < -0.3 is 9.16 Å². The predicted octanol–water partition coefficient (Wildman–Crippen LogP) is 7.89. The highest BCUT2D eigenvalue weighted by Crippen LogP contribution is 2.42. The van der Waals surface area contributed by atoms with E-state index < -0.39 is 20.0 Å². The second-order valence-corrected chi connectivity index (χ2v) is 15.4. The first-order valence-electron chi connectivity index (χ1n) is 10.4. The van der Waals surface area contributed by atoms with Crippen molar-refractivity contribution in [2.75, 3.05) is 7.11 Å². The lowest BCUT2D eigenvalue weighted by molar-refractivity contribution is 0.0155. The van der Waals surface area contributed by atoms with E-state index in [0.29, 0.717) is 12.2 Å². The van der Waals surface area contributed by atoms with Crippen molar-refractivity contribution in [3.63, 3.8) is 0 Å². The molecule has 1 atom stereocenters. The summed E-state index contributed by atoms with van der Waals surface area (Å²) in [4.78, 5) is 0. The average molecular weight is 435 g/mol. The zero-order chi connectivity index (χ0) is 22.9. The molecule has 0 saturated heterocycles. The summed E-state index contributed by atoms with van der Waals surface area (Å²) in [5.41, 5.74) is 2.50. The van der Waals surface area contributed by atoms with Gasteiger partial charge >= 0.3 is 0 Å². The van der Waals surface area contributed by atoms with Gasteiger partial charge in [0.1, 0.15) is 11.6 Å². The number of rotatable bonds is 6. The second kappa shape index (κ2) is 8.89. The SMILES string of the molecule is CO[C@H](c1cc(CO[Si](C)(C)C(C)(C)C)ccc1-c1cc(F)ccc1F)C(C)(C)C. The molecule has 0 fully saturated rings. The number of ether oxygens (including phenoxy) is 1. The van der Waals surface area contributed by atoms with E-state index in [1.54, 1.807) is 7.11 Å². The average Bonchev–Trinajstić information content (AvgIpc) is 2.61. The molecular weight excluding hydrogens is 398 g/mol. The van der Waals surface area contributed by atoms with Gasteiger partial charge in [0.15, 0.2) is 8.32 Å². The fraction of sp³-hybridized carbons (Fsp3) is 0.520. The van der Waals surface area contributed by atoms with Crippen LogP contribution in [-0.4, -0.2) is 15.4 Å². The Morgan fingerprint density at radius 2 is 1.53 bits per heavy atom. The summed E-state index contributed by atoms with van der Waals surface area (Å²) < 4.78 is 40.7. The Labute approximate surface area is 181 Å². The number of benzene rings is 2. The minimum absolute atomic E-state index is 0.112. The largest absolute Gasteiger partial charge is 0.413 e. The van der Waals surface area contributed by atoms with Crippen LogP contribution in [0.5, 0.6) is 0 Å². The van der Waals surface area contributed by atoms with Gasteiger partial charge in [0.05, 0.1) is 12.7 Å². The molecule has 0 unspecified atom stereocenters. The molecule has 0 heterocycles. The predicted molar refractivity (Wildman–Crippen MR) is 123 cm³/mol. The summed E-state index contributed by atoms with van der Waals surface area (Å²) in [5.74, 6) is -0.918. The van der Waals surface area contributed by atoms with Crippen LogP contribution in [0.3, 0.4) is 0 Å². The molecule has 0 spiro atoms. The fourth-order valence-corrected chi connectivity index (χ4v) is 4.26. The molecule has 0 aliphatic carbocycles. The maximum atomic E-state index is 14.6. The normalized spacial score (nSPS) is 14.1. The van der Waals surface area contributed by atoms with Gasteiger partial charge in [0.2, 0.25) is 0 Å². The van der Waals surface area contributed by atoms with Gasteiger partial charge in [-0.3, -0.25) is 0 Å². The number of hydrogen-bond acceptors (Lipinski definition) is 2. The van der Waals surface area contributed by atoms with E-state index in [-0.39, 0.29) is 22.1 Å². The lowest BCUT2D eigenvalue weighted by Gasteiger charge is -2.36. The standard InChI is InChI=1S/C25H36F2O2Si/c1-24(2,3)23(28-7)21-14-17(16-29-30(8,9)25(4,5)6)10-12-19(21)20-15-18(26)11-13-22(20)27/h10-15,23H,16H2,1-9H3/t23-/m1/s1. The highest BCUT2D eigenvalue weighted by Gasteiger charge is 2.37. The molecule has 0 aliphatic heterocycles. The van der Waals surface area contributed by atoms with E-state index in [1.807, 2.05) is 18.2 Å². The van der Waals surface area contributed by atoms with Crippen LogP contribution in [0.15, 0.2) is 36.4 Å². The van der Waals surface area contributed by atoms with Crippen molar-refractivity contribution < 1.29 is 17.9 Å². The quantitative estimate of drug-likeness (QED) is 0.430. The van der Waals surface area contributed by atoms with Gasteiger partial charge in [0, 0.05) is 12.7 Å². The maximum Gasteiger partial charge on any atom is 0.192 e. The van der Waals surface area contributed by atoms with Crippen LogP contribution >= 0.6 is 0 Å². The van der Waals surface area contributed by atoms with E-state index in [1.165, 1.54) is 12.1 Å². The molecular formula is C25H36F2O2Si. The first-order chi connectivity index (χ1) is 13.7. The zero-order valence-electron chi connectivity index (χ0n) is 19.8. The lowest BCUT2D eigenvalue weighted by Crippen LogP contribution is -2.40. The van der Waals surface area contributed by atoms with E-state index in [4.69, 9.17) is 9.16 Å². The van der Waals surface area contributed by atoms with Gasteiger partial charge in [-0.25, -0.2) is 8.78 Å². The molecule has 0 N–H and O–H groups in total. The van der Waals surface area contributed by atoms with Crippen molar-refractivity contribution in [2.24, 2.45) is 5.41 Å². The van der Waals surface area contributed by atoms with Crippen molar-refractivity contribution in [1.29, 1.82) is 0 Å². The number of methoxy groups -OCH3 is 1. The Hall–Kier alpha value is -1.56. The number of halogens is 2. The third kappa shape index (κ3) is 5.57. The summed E-state index contributed by atoms with van der Waals surface area (Å²) in [5, 5.41) is 0.112. The highest BCUT2D eigenvalue weighted by molar-refractivity contribution is 6.74. The maximum absolute atomic E-state index is 14.6. The molecule has 166 valence electrons. The molecule has 2 aromatic rings. The third-order valence-electron chi connectivity index (χ3n) is 6.05. The van der Waals surface area contributed by atoms with Gasteiger partial charge in [-0.2, -0.15) is 0 Å². The molecule has 0 aliphatic rings. The second-order valence-electron chi connectivity index (χ2n) is 10.6. The van der Waals surface area contributed by atoms with Gasteiger partial charge in [-0.15, -0.1) is 0 Å². The van der Waals surface area contributed by atoms with E-state index in [0.717, 1.165) is 17.2 Å². The first kappa shape index (κ1) is 24.7. The molecule has 0 amide bonds.